The molecule has 0 radical (unpaired) electrons. The van der Waals surface area contributed by atoms with Crippen molar-refractivity contribution in [1.29, 1.82) is 0 Å². The van der Waals surface area contributed by atoms with Crippen molar-refractivity contribution < 1.29 is 8.91 Å². The summed E-state index contributed by atoms with van der Waals surface area (Å²) in [5.74, 6) is 0.449. The van der Waals surface area contributed by atoms with Crippen LogP contribution in [0.1, 0.15) is 32.2 Å². The van der Waals surface area contributed by atoms with Gasteiger partial charge in [-0.3, -0.25) is 0 Å². The maximum absolute atomic E-state index is 13.6. The zero-order valence-electron chi connectivity index (χ0n) is 10.4. The molecule has 1 aromatic carbocycles. The van der Waals surface area contributed by atoms with E-state index in [4.69, 9.17) is 10.3 Å². The summed E-state index contributed by atoms with van der Waals surface area (Å²) in [6.07, 6.45) is 0.915. The number of benzene rings is 1. The molecular weight excluding hydrogens is 233 g/mol. The van der Waals surface area contributed by atoms with E-state index in [1.807, 2.05) is 13.8 Å². The summed E-state index contributed by atoms with van der Waals surface area (Å²) in [5, 5.41) is 3.78. The molecule has 1 unspecified atom stereocenters. The SMILES string of the molecule is CCC(C)[C@H](N)c1nc(-c2ccccc2F)no1. The average Bonchev–Trinajstić information content (AvgIpc) is 2.87. The number of nitrogens with zero attached hydrogens (tertiary/aromatic N) is 2. The fraction of sp³-hybridized carbons (Fsp3) is 0.385. The first-order valence-electron chi connectivity index (χ1n) is 5.97. The highest BCUT2D eigenvalue weighted by Gasteiger charge is 2.21. The normalized spacial score (nSPS) is 14.4. The van der Waals surface area contributed by atoms with Crippen LogP contribution in [0.15, 0.2) is 28.8 Å². The molecule has 0 fully saturated rings. The van der Waals surface area contributed by atoms with Crippen LogP contribution < -0.4 is 5.73 Å². The van der Waals surface area contributed by atoms with Gasteiger partial charge in [0.15, 0.2) is 0 Å². The molecule has 96 valence electrons. The summed E-state index contributed by atoms with van der Waals surface area (Å²) in [5.41, 5.74) is 6.31. The van der Waals surface area contributed by atoms with Gasteiger partial charge in [0.1, 0.15) is 5.82 Å². The zero-order valence-corrected chi connectivity index (χ0v) is 10.4. The second kappa shape index (κ2) is 5.27. The van der Waals surface area contributed by atoms with Crippen LogP contribution in [0.2, 0.25) is 0 Å². The fourth-order valence-corrected chi connectivity index (χ4v) is 1.62. The quantitative estimate of drug-likeness (QED) is 0.904. The highest BCUT2D eigenvalue weighted by Crippen LogP contribution is 2.24. The Kier molecular flexibility index (Phi) is 3.72. The standard InChI is InChI=1S/C13H16FN3O/c1-3-8(2)11(15)13-16-12(17-18-13)9-6-4-5-7-10(9)14/h4-8,11H,3,15H2,1-2H3/t8?,11-/m0/s1. The third-order valence-corrected chi connectivity index (χ3v) is 3.10. The van der Waals surface area contributed by atoms with Crippen LogP contribution in [0.25, 0.3) is 11.4 Å². The van der Waals surface area contributed by atoms with E-state index in [1.54, 1.807) is 18.2 Å². The lowest BCUT2D eigenvalue weighted by atomic mass is 10.0. The van der Waals surface area contributed by atoms with E-state index >= 15 is 0 Å². The monoisotopic (exact) mass is 249 g/mol. The lowest BCUT2D eigenvalue weighted by Crippen LogP contribution is -2.18. The number of rotatable bonds is 4. The molecule has 0 aliphatic heterocycles. The predicted molar refractivity (Wildman–Crippen MR) is 66.1 cm³/mol. The van der Waals surface area contributed by atoms with Gasteiger partial charge >= 0.3 is 0 Å². The lowest BCUT2D eigenvalue weighted by Gasteiger charge is -2.12. The second-order valence-corrected chi connectivity index (χ2v) is 4.35. The van der Waals surface area contributed by atoms with E-state index in [1.165, 1.54) is 6.07 Å². The van der Waals surface area contributed by atoms with Crippen molar-refractivity contribution >= 4 is 0 Å². The Morgan fingerprint density at radius 2 is 2.11 bits per heavy atom. The molecule has 4 nitrogen and oxygen atoms in total. The fourth-order valence-electron chi connectivity index (χ4n) is 1.62. The Labute approximate surface area is 105 Å². The minimum absolute atomic E-state index is 0.235. The zero-order chi connectivity index (χ0) is 13.1. The van der Waals surface area contributed by atoms with E-state index in [9.17, 15) is 4.39 Å². The van der Waals surface area contributed by atoms with Gasteiger partial charge < -0.3 is 10.3 Å². The average molecular weight is 249 g/mol. The minimum atomic E-state index is -0.373. The van der Waals surface area contributed by atoms with E-state index < -0.39 is 0 Å². The molecule has 0 saturated carbocycles. The van der Waals surface area contributed by atoms with Crippen molar-refractivity contribution in [1.82, 2.24) is 10.1 Å². The molecule has 1 aromatic heterocycles. The predicted octanol–water partition coefficient (Wildman–Crippen LogP) is 2.92. The first-order valence-corrected chi connectivity index (χ1v) is 5.97. The number of nitrogens with two attached hydrogens (primary N) is 1. The van der Waals surface area contributed by atoms with Gasteiger partial charge in [0.2, 0.25) is 11.7 Å². The molecule has 0 spiro atoms. The highest BCUT2D eigenvalue weighted by molar-refractivity contribution is 5.54. The Bertz CT molecular complexity index is 526. The Balaban J connectivity index is 2.29. The summed E-state index contributed by atoms with van der Waals surface area (Å²) in [7, 11) is 0. The highest BCUT2D eigenvalue weighted by atomic mass is 19.1. The van der Waals surface area contributed by atoms with Gasteiger partial charge in [-0.25, -0.2) is 4.39 Å². The first kappa shape index (κ1) is 12.7. The molecule has 0 aliphatic rings. The maximum Gasteiger partial charge on any atom is 0.244 e. The largest absolute Gasteiger partial charge is 0.337 e. The number of hydrogen-bond donors (Lipinski definition) is 1. The van der Waals surface area contributed by atoms with Crippen LogP contribution in [-0.2, 0) is 0 Å². The molecule has 2 aromatic rings. The van der Waals surface area contributed by atoms with Gasteiger partial charge in [-0.2, -0.15) is 4.98 Å². The van der Waals surface area contributed by atoms with Gasteiger partial charge in [0, 0.05) is 0 Å². The van der Waals surface area contributed by atoms with Crippen LogP contribution in [0.4, 0.5) is 4.39 Å². The third kappa shape index (κ3) is 2.41. The Hall–Kier alpha value is -1.75. The first-order chi connectivity index (χ1) is 8.63. The second-order valence-electron chi connectivity index (χ2n) is 4.35. The van der Waals surface area contributed by atoms with E-state index in [0.29, 0.717) is 11.5 Å². The van der Waals surface area contributed by atoms with Gasteiger partial charge in [0.25, 0.3) is 0 Å². The molecule has 2 atom stereocenters. The van der Waals surface area contributed by atoms with Crippen molar-refractivity contribution in [2.24, 2.45) is 11.7 Å². The van der Waals surface area contributed by atoms with E-state index in [-0.39, 0.29) is 23.6 Å². The summed E-state index contributed by atoms with van der Waals surface area (Å²) >= 11 is 0. The van der Waals surface area contributed by atoms with Crippen molar-refractivity contribution in [3.63, 3.8) is 0 Å². The maximum atomic E-state index is 13.6. The molecular formula is C13H16FN3O. The Morgan fingerprint density at radius 3 is 2.78 bits per heavy atom. The van der Waals surface area contributed by atoms with Crippen molar-refractivity contribution in [2.45, 2.75) is 26.3 Å². The molecule has 2 N–H and O–H groups in total. The van der Waals surface area contributed by atoms with Crippen LogP contribution in [0, 0.1) is 11.7 Å². The summed E-state index contributed by atoms with van der Waals surface area (Å²) < 4.78 is 18.7. The van der Waals surface area contributed by atoms with Crippen LogP contribution in [0.5, 0.6) is 0 Å². The summed E-state index contributed by atoms with van der Waals surface area (Å²) in [4.78, 5) is 4.17. The van der Waals surface area contributed by atoms with Gasteiger partial charge in [-0.05, 0) is 18.1 Å². The van der Waals surface area contributed by atoms with Crippen molar-refractivity contribution in [3.05, 3.63) is 36.0 Å². The molecule has 0 aliphatic carbocycles. The molecule has 0 saturated heterocycles. The minimum Gasteiger partial charge on any atom is -0.337 e. The summed E-state index contributed by atoms with van der Waals surface area (Å²) in [6.45, 7) is 4.05. The molecule has 1 heterocycles. The Morgan fingerprint density at radius 1 is 1.39 bits per heavy atom. The number of hydrogen-bond acceptors (Lipinski definition) is 4. The van der Waals surface area contributed by atoms with Crippen molar-refractivity contribution in [2.75, 3.05) is 0 Å². The van der Waals surface area contributed by atoms with Crippen LogP contribution in [-0.4, -0.2) is 10.1 Å². The molecule has 2 rings (SSSR count). The van der Waals surface area contributed by atoms with Gasteiger partial charge in [-0.1, -0.05) is 37.6 Å². The van der Waals surface area contributed by atoms with Crippen LogP contribution >= 0.6 is 0 Å². The van der Waals surface area contributed by atoms with Crippen molar-refractivity contribution in [3.8, 4) is 11.4 Å². The van der Waals surface area contributed by atoms with E-state index in [0.717, 1.165) is 6.42 Å². The lowest BCUT2D eigenvalue weighted by molar-refractivity contribution is 0.312. The molecule has 0 bridgehead atoms. The van der Waals surface area contributed by atoms with Gasteiger partial charge in [0.05, 0.1) is 11.6 Å². The smallest absolute Gasteiger partial charge is 0.244 e. The van der Waals surface area contributed by atoms with E-state index in [2.05, 4.69) is 10.1 Å². The number of aromatic nitrogens is 2. The topological polar surface area (TPSA) is 64.9 Å². The molecule has 0 amide bonds. The molecule has 18 heavy (non-hydrogen) atoms. The van der Waals surface area contributed by atoms with Gasteiger partial charge in [-0.15, -0.1) is 0 Å². The summed E-state index contributed by atoms with van der Waals surface area (Å²) in [6, 6.07) is 6.00. The molecule has 5 heteroatoms. The number of halogens is 1. The van der Waals surface area contributed by atoms with Crippen LogP contribution in [0.3, 0.4) is 0 Å². The third-order valence-electron chi connectivity index (χ3n) is 3.10.